The molecule has 0 aromatic heterocycles. The van der Waals surface area contributed by atoms with Crippen molar-refractivity contribution in [3.8, 4) is 0 Å². The van der Waals surface area contributed by atoms with Gasteiger partial charge in [-0.25, -0.2) is 0 Å². The summed E-state index contributed by atoms with van der Waals surface area (Å²) in [7, 11) is 0. The van der Waals surface area contributed by atoms with Gasteiger partial charge in [0.25, 0.3) is 0 Å². The van der Waals surface area contributed by atoms with Gasteiger partial charge < -0.3 is 15.4 Å². The van der Waals surface area contributed by atoms with Crippen LogP contribution in [0.2, 0.25) is 0 Å². The van der Waals surface area contributed by atoms with E-state index in [4.69, 9.17) is 4.74 Å². The van der Waals surface area contributed by atoms with Crippen molar-refractivity contribution in [2.45, 2.75) is 39.2 Å². The van der Waals surface area contributed by atoms with Crippen LogP contribution >= 0.6 is 0 Å². The number of aryl methyl sites for hydroxylation is 2. The molecule has 20 heavy (non-hydrogen) atoms. The van der Waals surface area contributed by atoms with E-state index in [1.54, 1.807) is 0 Å². The highest BCUT2D eigenvalue weighted by Gasteiger charge is 2.14. The summed E-state index contributed by atoms with van der Waals surface area (Å²) >= 11 is 0. The Morgan fingerprint density at radius 1 is 1.40 bits per heavy atom. The SMILES string of the molecule is Cc1ccc(C)c(NC(=O)CCNCC2CCCO2)c1. The molecule has 110 valence electrons. The summed E-state index contributed by atoms with van der Waals surface area (Å²) in [5, 5.41) is 6.25. The number of carbonyl (C=O) groups excluding carboxylic acids is 1. The summed E-state index contributed by atoms with van der Waals surface area (Å²) in [6, 6.07) is 6.09. The van der Waals surface area contributed by atoms with Crippen molar-refractivity contribution in [1.82, 2.24) is 5.32 Å². The lowest BCUT2D eigenvalue weighted by atomic mass is 10.1. The van der Waals surface area contributed by atoms with E-state index in [2.05, 4.69) is 10.6 Å². The Hall–Kier alpha value is -1.39. The van der Waals surface area contributed by atoms with Crippen molar-refractivity contribution >= 4 is 11.6 Å². The summed E-state index contributed by atoms with van der Waals surface area (Å²) in [4.78, 5) is 11.9. The Morgan fingerprint density at radius 2 is 2.25 bits per heavy atom. The number of rotatable bonds is 6. The molecule has 0 bridgehead atoms. The van der Waals surface area contributed by atoms with Gasteiger partial charge in [0.1, 0.15) is 0 Å². The minimum Gasteiger partial charge on any atom is -0.377 e. The summed E-state index contributed by atoms with van der Waals surface area (Å²) < 4.78 is 5.52. The van der Waals surface area contributed by atoms with Crippen molar-refractivity contribution in [1.29, 1.82) is 0 Å². The van der Waals surface area contributed by atoms with Crippen LogP contribution in [0, 0.1) is 13.8 Å². The van der Waals surface area contributed by atoms with Crippen LogP contribution in [0.3, 0.4) is 0 Å². The highest BCUT2D eigenvalue weighted by molar-refractivity contribution is 5.91. The van der Waals surface area contributed by atoms with Crippen molar-refractivity contribution < 1.29 is 9.53 Å². The second-order valence-corrected chi connectivity index (χ2v) is 5.46. The molecular formula is C16H24N2O2. The van der Waals surface area contributed by atoms with Gasteiger partial charge >= 0.3 is 0 Å². The maximum atomic E-state index is 11.9. The maximum Gasteiger partial charge on any atom is 0.225 e. The molecule has 0 spiro atoms. The van der Waals surface area contributed by atoms with Crippen LogP contribution in [0.15, 0.2) is 18.2 Å². The third kappa shape index (κ3) is 4.62. The molecule has 1 heterocycles. The average Bonchev–Trinajstić information content (AvgIpc) is 2.92. The van der Waals surface area contributed by atoms with Gasteiger partial charge in [0.15, 0.2) is 0 Å². The number of hydrogen-bond donors (Lipinski definition) is 2. The predicted molar refractivity (Wildman–Crippen MR) is 81.0 cm³/mol. The molecule has 1 amide bonds. The Morgan fingerprint density at radius 3 is 3.00 bits per heavy atom. The number of benzene rings is 1. The van der Waals surface area contributed by atoms with Crippen molar-refractivity contribution in [3.05, 3.63) is 29.3 Å². The van der Waals surface area contributed by atoms with Gasteiger partial charge in [-0.2, -0.15) is 0 Å². The fraction of sp³-hybridized carbons (Fsp3) is 0.562. The Labute approximate surface area is 120 Å². The summed E-state index contributed by atoms with van der Waals surface area (Å²) in [6.45, 7) is 6.44. The molecule has 0 saturated carbocycles. The van der Waals surface area contributed by atoms with Crippen LogP contribution in [-0.2, 0) is 9.53 Å². The molecule has 1 aliphatic heterocycles. The smallest absolute Gasteiger partial charge is 0.225 e. The van der Waals surface area contributed by atoms with E-state index < -0.39 is 0 Å². The molecule has 1 aromatic carbocycles. The standard InChI is InChI=1S/C16H24N2O2/c1-12-5-6-13(2)15(10-12)18-16(19)7-8-17-11-14-4-3-9-20-14/h5-6,10,14,17H,3-4,7-9,11H2,1-2H3,(H,18,19). The number of carbonyl (C=O) groups is 1. The quantitative estimate of drug-likeness (QED) is 0.784. The molecule has 2 rings (SSSR count). The number of anilines is 1. The first-order valence-electron chi connectivity index (χ1n) is 7.34. The molecule has 1 fully saturated rings. The van der Waals surface area contributed by atoms with Gasteiger partial charge in [-0.05, 0) is 43.9 Å². The molecule has 1 atom stereocenters. The van der Waals surface area contributed by atoms with Gasteiger partial charge in [-0.15, -0.1) is 0 Å². The Kier molecular flexibility index (Phi) is 5.56. The number of nitrogens with one attached hydrogen (secondary N) is 2. The molecule has 0 radical (unpaired) electrons. The first-order chi connectivity index (χ1) is 9.65. The van der Waals surface area contributed by atoms with E-state index >= 15 is 0 Å². The number of ether oxygens (including phenoxy) is 1. The summed E-state index contributed by atoms with van der Waals surface area (Å²) in [6.07, 6.45) is 3.10. The number of hydrogen-bond acceptors (Lipinski definition) is 3. The van der Waals surface area contributed by atoms with Crippen molar-refractivity contribution in [2.75, 3.05) is 25.0 Å². The lowest BCUT2D eigenvalue weighted by molar-refractivity contribution is -0.116. The lowest BCUT2D eigenvalue weighted by Gasteiger charge is -2.12. The van der Waals surface area contributed by atoms with Crippen LogP contribution in [-0.4, -0.2) is 31.7 Å². The van der Waals surface area contributed by atoms with E-state index in [-0.39, 0.29) is 5.91 Å². The average molecular weight is 276 g/mol. The van der Waals surface area contributed by atoms with Gasteiger partial charge in [0.2, 0.25) is 5.91 Å². The first kappa shape index (κ1) is 15.0. The molecular weight excluding hydrogens is 252 g/mol. The molecule has 1 unspecified atom stereocenters. The van der Waals surface area contributed by atoms with E-state index in [1.807, 2.05) is 32.0 Å². The zero-order valence-electron chi connectivity index (χ0n) is 12.4. The molecule has 0 aliphatic carbocycles. The summed E-state index contributed by atoms with van der Waals surface area (Å²) in [5.41, 5.74) is 3.16. The van der Waals surface area contributed by atoms with Crippen LogP contribution in [0.25, 0.3) is 0 Å². The Balaban J connectivity index is 1.68. The third-order valence-corrected chi connectivity index (χ3v) is 3.59. The van der Waals surface area contributed by atoms with Crippen LogP contribution in [0.4, 0.5) is 5.69 Å². The van der Waals surface area contributed by atoms with Gasteiger partial charge in [0.05, 0.1) is 6.10 Å². The van der Waals surface area contributed by atoms with Crippen LogP contribution in [0.5, 0.6) is 0 Å². The first-order valence-corrected chi connectivity index (χ1v) is 7.34. The van der Waals surface area contributed by atoms with Crippen LogP contribution < -0.4 is 10.6 Å². The molecule has 1 aliphatic rings. The monoisotopic (exact) mass is 276 g/mol. The summed E-state index contributed by atoms with van der Waals surface area (Å²) in [5.74, 6) is 0.0542. The zero-order valence-corrected chi connectivity index (χ0v) is 12.4. The number of amides is 1. The maximum absolute atomic E-state index is 11.9. The van der Waals surface area contributed by atoms with Gasteiger partial charge in [-0.1, -0.05) is 12.1 Å². The molecule has 4 nitrogen and oxygen atoms in total. The molecule has 2 N–H and O–H groups in total. The largest absolute Gasteiger partial charge is 0.377 e. The highest BCUT2D eigenvalue weighted by atomic mass is 16.5. The second-order valence-electron chi connectivity index (χ2n) is 5.46. The van der Waals surface area contributed by atoms with E-state index in [0.717, 1.165) is 42.8 Å². The topological polar surface area (TPSA) is 50.4 Å². The normalized spacial score (nSPS) is 18.2. The predicted octanol–water partition coefficient (Wildman–Crippen LogP) is 2.40. The Bertz CT molecular complexity index is 454. The zero-order chi connectivity index (χ0) is 14.4. The van der Waals surface area contributed by atoms with Gasteiger partial charge in [0, 0.05) is 31.8 Å². The van der Waals surface area contributed by atoms with Crippen molar-refractivity contribution in [2.24, 2.45) is 0 Å². The molecule has 1 aromatic rings. The molecule has 4 heteroatoms. The fourth-order valence-corrected chi connectivity index (χ4v) is 2.35. The fourth-order valence-electron chi connectivity index (χ4n) is 2.35. The van der Waals surface area contributed by atoms with Crippen LogP contribution in [0.1, 0.15) is 30.4 Å². The van der Waals surface area contributed by atoms with Gasteiger partial charge in [-0.3, -0.25) is 4.79 Å². The highest BCUT2D eigenvalue weighted by Crippen LogP contribution is 2.16. The van der Waals surface area contributed by atoms with E-state index in [9.17, 15) is 4.79 Å². The van der Waals surface area contributed by atoms with Crippen molar-refractivity contribution in [3.63, 3.8) is 0 Å². The van der Waals surface area contributed by atoms with E-state index in [1.165, 1.54) is 0 Å². The molecule has 1 saturated heterocycles. The third-order valence-electron chi connectivity index (χ3n) is 3.59. The van der Waals surface area contributed by atoms with E-state index in [0.29, 0.717) is 19.1 Å². The second kappa shape index (κ2) is 7.41. The minimum atomic E-state index is 0.0542. The minimum absolute atomic E-state index is 0.0542. The lowest BCUT2D eigenvalue weighted by Crippen LogP contribution is -2.29.